The van der Waals surface area contributed by atoms with Crippen LogP contribution in [0.15, 0.2) is 48.5 Å². The van der Waals surface area contributed by atoms with Crippen LogP contribution in [-0.4, -0.2) is 68.5 Å². The molecule has 1 aliphatic rings. The average molecular weight is 958 g/mol. The van der Waals surface area contributed by atoms with E-state index in [0.717, 1.165) is 38.5 Å². The minimum atomic E-state index is -4.43. The Kier molecular flexibility index (Phi) is 31.3. The van der Waals surface area contributed by atoms with E-state index in [9.17, 15) is 23.7 Å². The fourth-order valence-electron chi connectivity index (χ4n) is 7.92. The normalized spacial score (nSPS) is 13.7. The second-order valence-corrected chi connectivity index (χ2v) is 19.4. The summed E-state index contributed by atoms with van der Waals surface area (Å²) in [6.45, 7) is 2.79. The van der Waals surface area contributed by atoms with Gasteiger partial charge in [0.1, 0.15) is 12.4 Å². The first-order valence-electron chi connectivity index (χ1n) is 25.8. The van der Waals surface area contributed by atoms with Gasteiger partial charge in [-0.1, -0.05) is 192 Å². The summed E-state index contributed by atoms with van der Waals surface area (Å²) in [4.78, 5) is 57.0. The van der Waals surface area contributed by atoms with Gasteiger partial charge < -0.3 is 14.2 Å². The van der Waals surface area contributed by atoms with Gasteiger partial charge in [-0.05, 0) is 42.7 Å². The first-order valence-corrected chi connectivity index (χ1v) is 27.3. The Bertz CT molecular complexity index is 1670. The highest BCUT2D eigenvalue weighted by atomic mass is 31.2. The Hall–Kier alpha value is -3.61. The van der Waals surface area contributed by atoms with Crippen LogP contribution in [0.3, 0.4) is 0 Å². The summed E-state index contributed by atoms with van der Waals surface area (Å²) in [6.07, 6.45) is 30.2. The lowest BCUT2D eigenvalue weighted by Crippen LogP contribution is -2.31. The molecular weight excluding hydrogens is 874 g/mol. The summed E-state index contributed by atoms with van der Waals surface area (Å²) >= 11 is 0. The third kappa shape index (κ3) is 25.5. The third-order valence-electron chi connectivity index (χ3n) is 12.0. The number of benzene rings is 2. The first-order chi connectivity index (χ1) is 32.7. The highest BCUT2D eigenvalue weighted by Gasteiger charge is 2.37. The Morgan fingerprint density at radius 3 is 1.45 bits per heavy atom. The number of imide groups is 1. The number of hydrogen-bond donors (Lipinski definition) is 0. The van der Waals surface area contributed by atoms with Gasteiger partial charge in [-0.15, -0.1) is 5.06 Å². The molecule has 0 spiro atoms. The number of fused-ring (bicyclic) bond motifs is 1. The zero-order valence-electron chi connectivity index (χ0n) is 41.3. The number of carbonyl (C=O) groups excluding carboxylic acids is 4. The van der Waals surface area contributed by atoms with Crippen LogP contribution in [-0.2, 0) is 48.6 Å². The summed E-state index contributed by atoms with van der Waals surface area (Å²) < 4.78 is 47.9. The molecule has 0 saturated heterocycles. The highest BCUT2D eigenvalue weighted by Crippen LogP contribution is 2.50. The molecule has 0 saturated carbocycles. The molecule has 0 aliphatic carbocycles. The van der Waals surface area contributed by atoms with Crippen molar-refractivity contribution in [3.8, 4) is 5.75 Å². The molecule has 2 aromatic rings. The molecule has 14 heteroatoms. The predicted molar refractivity (Wildman–Crippen MR) is 262 cm³/mol. The van der Waals surface area contributed by atoms with Crippen molar-refractivity contribution in [1.29, 1.82) is 0 Å². The monoisotopic (exact) mass is 958 g/mol. The fourth-order valence-corrected chi connectivity index (χ4v) is 9.09. The molecule has 1 heterocycles. The van der Waals surface area contributed by atoms with Crippen molar-refractivity contribution in [1.82, 2.24) is 5.06 Å². The second-order valence-electron chi connectivity index (χ2n) is 17.8. The summed E-state index contributed by atoms with van der Waals surface area (Å²) in [7, 11) is -2.88. The largest absolute Gasteiger partial charge is 0.497 e. The third-order valence-corrected chi connectivity index (χ3v) is 13.4. The molecule has 0 N–H and O–H groups in total. The summed E-state index contributed by atoms with van der Waals surface area (Å²) in [5.74, 6) is -1.52. The van der Waals surface area contributed by atoms with E-state index >= 15 is 0 Å². The Morgan fingerprint density at radius 1 is 0.537 bits per heavy atom. The van der Waals surface area contributed by atoms with E-state index < -0.39 is 50.9 Å². The van der Waals surface area contributed by atoms with Crippen molar-refractivity contribution in [2.75, 3.05) is 33.5 Å². The van der Waals surface area contributed by atoms with Gasteiger partial charge in [0, 0.05) is 12.8 Å². The molecule has 2 atom stereocenters. The van der Waals surface area contributed by atoms with Crippen molar-refractivity contribution >= 4 is 31.6 Å². The molecule has 0 fully saturated rings. The van der Waals surface area contributed by atoms with Crippen molar-refractivity contribution in [2.45, 2.75) is 206 Å². The van der Waals surface area contributed by atoms with Crippen LogP contribution in [0, 0.1) is 0 Å². The van der Waals surface area contributed by atoms with Crippen molar-refractivity contribution < 1.29 is 56.4 Å². The molecule has 3 rings (SSSR count). The Morgan fingerprint density at radius 2 is 0.985 bits per heavy atom. The van der Waals surface area contributed by atoms with Crippen LogP contribution in [0.5, 0.6) is 5.75 Å². The number of phosphoric acid groups is 1. The molecule has 67 heavy (non-hydrogen) atoms. The molecule has 1 unspecified atom stereocenters. The Balaban J connectivity index is 1.51. The number of amides is 2. The summed E-state index contributed by atoms with van der Waals surface area (Å²) in [6, 6.07) is 13.3. The first kappa shape index (κ1) is 57.7. The molecular formula is C53H84NO12P. The van der Waals surface area contributed by atoms with Gasteiger partial charge in [-0.25, -0.2) is 4.57 Å². The van der Waals surface area contributed by atoms with Crippen LogP contribution in [0.2, 0.25) is 0 Å². The van der Waals surface area contributed by atoms with Crippen LogP contribution in [0.25, 0.3) is 0 Å². The topological polar surface area (TPSA) is 153 Å². The minimum absolute atomic E-state index is 0.179. The number of esters is 2. The molecule has 1 aliphatic heterocycles. The van der Waals surface area contributed by atoms with Crippen molar-refractivity contribution in [2.24, 2.45) is 0 Å². The zero-order chi connectivity index (χ0) is 48.2. The highest BCUT2D eigenvalue weighted by molar-refractivity contribution is 7.48. The fraction of sp³-hybridized carbons (Fsp3) is 0.698. The van der Waals surface area contributed by atoms with Crippen LogP contribution < -0.4 is 4.74 Å². The number of phosphoric ester groups is 1. The molecule has 2 aromatic carbocycles. The van der Waals surface area contributed by atoms with Gasteiger partial charge in [0.05, 0.1) is 44.7 Å². The standard InChI is InChI=1S/C53H84NO12P/c1-4-6-8-10-12-14-16-18-20-22-24-26-28-34-50(55)61-43-47(66-51(56)35-29-27-25-23-21-19-17-15-13-11-9-7-5-2)44-65-67(59,64-42-45-36-38-46(60-3)39-37-45)63-41-40-62-54-52(57)48-32-30-31-33-49(48)53(54)58/h30-33,36-39,47H,4-29,34-35,40-44H2,1-3H3/t47-,67?/m1/s1. The maximum Gasteiger partial charge on any atom is 0.475 e. The van der Waals surface area contributed by atoms with Crippen LogP contribution in [0.4, 0.5) is 0 Å². The molecule has 0 radical (unpaired) electrons. The van der Waals surface area contributed by atoms with E-state index in [2.05, 4.69) is 13.8 Å². The quantitative estimate of drug-likeness (QED) is 0.0269. The van der Waals surface area contributed by atoms with Crippen LogP contribution >= 0.6 is 7.82 Å². The minimum Gasteiger partial charge on any atom is -0.497 e. The SMILES string of the molecule is CCCCCCCCCCCCCCCC(=O)OC[C@H](COP(=O)(OCCON1C(=O)c2ccccc2C1=O)OCc1ccc(OC)cc1)OC(=O)CCCCCCCCCCCCCCC. The number of rotatable bonds is 43. The molecule has 378 valence electrons. The number of carbonyl (C=O) groups is 4. The summed E-state index contributed by atoms with van der Waals surface area (Å²) in [5.41, 5.74) is 1.06. The maximum absolute atomic E-state index is 14.2. The number of hydroxylamine groups is 2. The molecule has 0 bridgehead atoms. The number of hydrogen-bond acceptors (Lipinski definition) is 12. The van der Waals surface area contributed by atoms with Gasteiger partial charge in [0.15, 0.2) is 6.10 Å². The molecule has 2 amide bonds. The summed E-state index contributed by atoms with van der Waals surface area (Å²) in [5, 5.41) is 0.636. The van der Waals surface area contributed by atoms with E-state index in [4.69, 9.17) is 32.6 Å². The number of nitrogens with zero attached hydrogens (tertiary/aromatic N) is 1. The average Bonchev–Trinajstić information content (AvgIpc) is 3.58. The van der Waals surface area contributed by atoms with Gasteiger partial charge in [-0.3, -0.25) is 37.6 Å². The van der Waals surface area contributed by atoms with Crippen molar-refractivity contribution in [3.63, 3.8) is 0 Å². The maximum atomic E-state index is 14.2. The van der Waals surface area contributed by atoms with E-state index in [0.29, 0.717) is 29.2 Å². The lowest BCUT2D eigenvalue weighted by Gasteiger charge is -2.22. The van der Waals surface area contributed by atoms with Gasteiger partial charge >= 0.3 is 19.8 Å². The lowest BCUT2D eigenvalue weighted by molar-refractivity contribution is -0.161. The number of unbranched alkanes of at least 4 members (excludes halogenated alkanes) is 24. The van der Waals surface area contributed by atoms with E-state index in [1.807, 2.05) is 0 Å². The van der Waals surface area contributed by atoms with Gasteiger partial charge in [0.2, 0.25) is 0 Å². The van der Waals surface area contributed by atoms with Crippen molar-refractivity contribution in [3.05, 3.63) is 65.2 Å². The molecule has 0 aromatic heterocycles. The van der Waals surface area contributed by atoms with Crippen LogP contribution in [0.1, 0.15) is 220 Å². The predicted octanol–water partition coefficient (Wildman–Crippen LogP) is 14.0. The van der Waals surface area contributed by atoms with E-state index in [1.165, 1.54) is 128 Å². The number of methoxy groups -OCH3 is 1. The zero-order valence-corrected chi connectivity index (χ0v) is 42.2. The lowest BCUT2D eigenvalue weighted by atomic mass is 10.0. The molecule has 13 nitrogen and oxygen atoms in total. The van der Waals surface area contributed by atoms with Gasteiger partial charge in [-0.2, -0.15) is 0 Å². The van der Waals surface area contributed by atoms with E-state index in [-0.39, 0.29) is 43.8 Å². The van der Waals surface area contributed by atoms with E-state index in [1.54, 1.807) is 43.5 Å². The second kappa shape index (κ2) is 36.4. The smallest absolute Gasteiger partial charge is 0.475 e. The van der Waals surface area contributed by atoms with Gasteiger partial charge in [0.25, 0.3) is 11.8 Å². The number of ether oxygens (including phenoxy) is 3. The Labute approximate surface area is 402 Å².